The molecule has 25 heavy (non-hydrogen) atoms. The molecule has 1 aromatic heterocycles. The Balaban J connectivity index is 1.44. The van der Waals surface area contributed by atoms with Crippen molar-refractivity contribution in [1.82, 2.24) is 15.0 Å². The molecule has 0 saturated carbocycles. The molecule has 0 bridgehead atoms. The van der Waals surface area contributed by atoms with E-state index in [4.69, 9.17) is 9.26 Å². The summed E-state index contributed by atoms with van der Waals surface area (Å²) in [7, 11) is 0. The highest BCUT2D eigenvalue weighted by Crippen LogP contribution is 2.25. The van der Waals surface area contributed by atoms with E-state index in [1.165, 1.54) is 18.4 Å². The average molecular weight is 347 g/mol. The summed E-state index contributed by atoms with van der Waals surface area (Å²) in [4.78, 5) is 16.9. The molecule has 0 aromatic carbocycles. The highest BCUT2D eigenvalue weighted by atomic mass is 16.5. The summed E-state index contributed by atoms with van der Waals surface area (Å²) in [6, 6.07) is 0. The van der Waals surface area contributed by atoms with Crippen LogP contribution in [-0.2, 0) is 28.9 Å². The van der Waals surface area contributed by atoms with Crippen LogP contribution in [0.1, 0.15) is 55.5 Å². The van der Waals surface area contributed by atoms with Gasteiger partial charge >= 0.3 is 0 Å². The molecule has 4 rings (SSSR count). The third-order valence-corrected chi connectivity index (χ3v) is 5.71. The minimum Gasteiger partial charge on any atom is -0.377 e. The topological polar surface area (TPSA) is 58.8 Å². The maximum absolute atomic E-state index is 12.6. The lowest BCUT2D eigenvalue weighted by Gasteiger charge is -2.26. The number of nitrogens with zero attached hydrogens (tertiary/aromatic N) is 3. The van der Waals surface area contributed by atoms with Gasteiger partial charge in [-0.05, 0) is 44.9 Å². The number of hydrogen-bond acceptors (Lipinski definition) is 5. The van der Waals surface area contributed by atoms with Gasteiger partial charge in [-0.2, -0.15) is 0 Å². The van der Waals surface area contributed by atoms with Crippen molar-refractivity contribution in [2.75, 3.05) is 32.8 Å². The molecule has 0 radical (unpaired) electrons. The Hall–Kier alpha value is -1.40. The molecule has 0 N–H and O–H groups in total. The van der Waals surface area contributed by atoms with Gasteiger partial charge in [-0.3, -0.25) is 9.69 Å². The molecule has 0 spiro atoms. The van der Waals surface area contributed by atoms with Gasteiger partial charge in [0.25, 0.3) is 0 Å². The maximum atomic E-state index is 12.6. The van der Waals surface area contributed by atoms with Gasteiger partial charge in [-0.25, -0.2) is 0 Å². The predicted octanol–water partition coefficient (Wildman–Crippen LogP) is 2.16. The van der Waals surface area contributed by atoms with Gasteiger partial charge in [0.15, 0.2) is 0 Å². The molecular weight excluding hydrogens is 318 g/mol. The monoisotopic (exact) mass is 347 g/mol. The molecule has 6 nitrogen and oxygen atoms in total. The number of likely N-dealkylation sites (tertiary alicyclic amines) is 1. The second kappa shape index (κ2) is 7.87. The van der Waals surface area contributed by atoms with E-state index < -0.39 is 0 Å². The first-order valence-corrected chi connectivity index (χ1v) is 9.87. The highest BCUT2D eigenvalue weighted by molar-refractivity contribution is 5.78. The summed E-state index contributed by atoms with van der Waals surface area (Å²) >= 11 is 0. The SMILES string of the molecule is O=C(CN(Cc1noc2c1CCCC2)C[C@H]1CCCO1)N1CCCC1. The Kier molecular flexibility index (Phi) is 5.36. The molecule has 2 saturated heterocycles. The van der Waals surface area contributed by atoms with Gasteiger partial charge in [-0.15, -0.1) is 0 Å². The minimum absolute atomic E-state index is 0.243. The van der Waals surface area contributed by atoms with Crippen LogP contribution in [0.3, 0.4) is 0 Å². The van der Waals surface area contributed by atoms with E-state index in [1.807, 2.05) is 4.90 Å². The molecule has 1 atom stereocenters. The molecule has 3 heterocycles. The van der Waals surface area contributed by atoms with Gasteiger partial charge in [0.05, 0.1) is 12.6 Å². The number of rotatable bonds is 6. The normalized spacial score (nSPS) is 23.4. The number of hydrogen-bond donors (Lipinski definition) is 0. The fraction of sp³-hybridized carbons (Fsp3) is 0.789. The number of aryl methyl sites for hydroxylation is 1. The Morgan fingerprint density at radius 3 is 2.80 bits per heavy atom. The Morgan fingerprint density at radius 1 is 1.16 bits per heavy atom. The summed E-state index contributed by atoms with van der Waals surface area (Å²) in [5.74, 6) is 1.30. The number of amides is 1. The number of carbonyl (C=O) groups excluding carboxylic acids is 1. The van der Waals surface area contributed by atoms with E-state index in [0.717, 1.165) is 76.2 Å². The van der Waals surface area contributed by atoms with Crippen LogP contribution in [0.15, 0.2) is 4.52 Å². The Bertz CT molecular complexity index is 589. The van der Waals surface area contributed by atoms with Crippen LogP contribution in [0.5, 0.6) is 0 Å². The smallest absolute Gasteiger partial charge is 0.236 e. The lowest BCUT2D eigenvalue weighted by Crippen LogP contribution is -2.41. The standard InChI is InChI=1S/C19H29N3O3/c23-19(22-9-3-4-10-22)14-21(12-15-6-5-11-24-15)13-17-16-7-1-2-8-18(16)25-20-17/h15H,1-14H2/t15-/m1/s1. The van der Waals surface area contributed by atoms with Crippen molar-refractivity contribution in [3.05, 3.63) is 17.0 Å². The van der Waals surface area contributed by atoms with E-state index in [2.05, 4.69) is 10.1 Å². The first-order valence-electron chi connectivity index (χ1n) is 9.87. The summed E-state index contributed by atoms with van der Waals surface area (Å²) in [6.45, 7) is 4.62. The van der Waals surface area contributed by atoms with Crippen LogP contribution < -0.4 is 0 Å². The Labute approximate surface area is 149 Å². The van der Waals surface area contributed by atoms with E-state index in [0.29, 0.717) is 13.1 Å². The van der Waals surface area contributed by atoms with Crippen molar-refractivity contribution in [1.29, 1.82) is 0 Å². The predicted molar refractivity (Wildman–Crippen MR) is 93.2 cm³/mol. The highest BCUT2D eigenvalue weighted by Gasteiger charge is 2.27. The van der Waals surface area contributed by atoms with Gasteiger partial charge < -0.3 is 14.2 Å². The largest absolute Gasteiger partial charge is 0.377 e. The van der Waals surface area contributed by atoms with Gasteiger partial charge in [0, 0.05) is 44.8 Å². The lowest BCUT2D eigenvalue weighted by molar-refractivity contribution is -0.131. The van der Waals surface area contributed by atoms with E-state index in [9.17, 15) is 4.79 Å². The molecular formula is C19H29N3O3. The third kappa shape index (κ3) is 4.06. The number of aromatic nitrogens is 1. The first-order chi connectivity index (χ1) is 12.3. The van der Waals surface area contributed by atoms with Crippen molar-refractivity contribution in [2.45, 2.75) is 64.0 Å². The average Bonchev–Trinajstić information content (AvgIpc) is 3.37. The molecule has 2 fully saturated rings. The van der Waals surface area contributed by atoms with Gasteiger partial charge in [0.1, 0.15) is 11.5 Å². The van der Waals surface area contributed by atoms with Gasteiger partial charge in [0.2, 0.25) is 5.91 Å². The third-order valence-electron chi connectivity index (χ3n) is 5.71. The van der Waals surface area contributed by atoms with Crippen molar-refractivity contribution in [3.8, 4) is 0 Å². The van der Waals surface area contributed by atoms with Crippen LogP contribution in [0.25, 0.3) is 0 Å². The quantitative estimate of drug-likeness (QED) is 0.789. The summed E-state index contributed by atoms with van der Waals surface area (Å²) in [6.07, 6.45) is 9.18. The number of ether oxygens (including phenoxy) is 1. The lowest BCUT2D eigenvalue weighted by atomic mass is 9.96. The zero-order valence-electron chi connectivity index (χ0n) is 15.0. The Morgan fingerprint density at radius 2 is 2.00 bits per heavy atom. The fourth-order valence-corrected chi connectivity index (χ4v) is 4.30. The van der Waals surface area contributed by atoms with Crippen molar-refractivity contribution in [2.24, 2.45) is 0 Å². The fourth-order valence-electron chi connectivity index (χ4n) is 4.30. The van der Waals surface area contributed by atoms with E-state index in [1.54, 1.807) is 0 Å². The van der Waals surface area contributed by atoms with Crippen LogP contribution in [0.2, 0.25) is 0 Å². The summed E-state index contributed by atoms with van der Waals surface area (Å²) in [5, 5.41) is 4.33. The van der Waals surface area contributed by atoms with Crippen molar-refractivity contribution < 1.29 is 14.1 Å². The molecule has 1 aromatic rings. The van der Waals surface area contributed by atoms with Crippen LogP contribution >= 0.6 is 0 Å². The number of fused-ring (bicyclic) bond motifs is 1. The first kappa shape index (κ1) is 17.0. The zero-order chi connectivity index (χ0) is 17.1. The zero-order valence-corrected chi connectivity index (χ0v) is 15.0. The van der Waals surface area contributed by atoms with E-state index >= 15 is 0 Å². The second-order valence-corrected chi connectivity index (χ2v) is 7.63. The molecule has 138 valence electrons. The van der Waals surface area contributed by atoms with Crippen molar-refractivity contribution >= 4 is 5.91 Å². The molecule has 3 aliphatic rings. The summed E-state index contributed by atoms with van der Waals surface area (Å²) < 4.78 is 11.4. The molecule has 2 aliphatic heterocycles. The molecule has 1 amide bonds. The van der Waals surface area contributed by atoms with E-state index in [-0.39, 0.29) is 12.0 Å². The minimum atomic E-state index is 0.243. The summed E-state index contributed by atoms with van der Waals surface area (Å²) in [5.41, 5.74) is 2.32. The number of carbonyl (C=O) groups is 1. The maximum Gasteiger partial charge on any atom is 0.236 e. The molecule has 0 unspecified atom stereocenters. The van der Waals surface area contributed by atoms with Crippen molar-refractivity contribution in [3.63, 3.8) is 0 Å². The van der Waals surface area contributed by atoms with Gasteiger partial charge in [-0.1, -0.05) is 5.16 Å². The van der Waals surface area contributed by atoms with Crippen LogP contribution in [0.4, 0.5) is 0 Å². The molecule has 6 heteroatoms. The van der Waals surface area contributed by atoms with Crippen LogP contribution in [-0.4, -0.2) is 59.8 Å². The molecule has 1 aliphatic carbocycles. The second-order valence-electron chi connectivity index (χ2n) is 7.63. The van der Waals surface area contributed by atoms with Crippen LogP contribution in [0, 0.1) is 0 Å².